The third-order valence-corrected chi connectivity index (χ3v) is 5.23. The van der Waals surface area contributed by atoms with E-state index < -0.39 is 0 Å². The van der Waals surface area contributed by atoms with Gasteiger partial charge >= 0.3 is 0 Å². The van der Waals surface area contributed by atoms with Crippen molar-refractivity contribution in [2.24, 2.45) is 0 Å². The smallest absolute Gasteiger partial charge is 0.274 e. The molecule has 1 amide bonds. The molecule has 2 aliphatic rings. The highest BCUT2D eigenvalue weighted by atomic mass is 16.2. The Morgan fingerprint density at radius 1 is 0.769 bits per heavy atom. The van der Waals surface area contributed by atoms with Gasteiger partial charge in [0.15, 0.2) is 0 Å². The number of benzene rings is 1. The van der Waals surface area contributed by atoms with Gasteiger partial charge in [0.05, 0.1) is 12.4 Å². The number of hydrogen-bond donors (Lipinski definition) is 0. The lowest BCUT2D eigenvalue weighted by Crippen LogP contribution is -2.49. The van der Waals surface area contributed by atoms with E-state index in [2.05, 4.69) is 31.9 Å². The van der Waals surface area contributed by atoms with Crippen LogP contribution in [0.15, 0.2) is 42.7 Å². The lowest BCUT2D eigenvalue weighted by Gasteiger charge is -2.36. The van der Waals surface area contributed by atoms with Crippen LogP contribution in [-0.4, -0.2) is 60.0 Å². The number of carbonyl (C=O) groups excluding carboxylic acids is 1. The molecular formula is C20H25N5O. The number of piperidine rings is 1. The fourth-order valence-corrected chi connectivity index (χ4v) is 3.69. The summed E-state index contributed by atoms with van der Waals surface area (Å²) in [5.74, 6) is 0.866. The molecule has 0 N–H and O–H groups in total. The van der Waals surface area contributed by atoms with Crippen LogP contribution >= 0.6 is 0 Å². The lowest BCUT2D eigenvalue weighted by molar-refractivity contribution is 0.0740. The summed E-state index contributed by atoms with van der Waals surface area (Å²) >= 11 is 0. The van der Waals surface area contributed by atoms with Crippen molar-refractivity contribution in [2.75, 3.05) is 49.1 Å². The number of rotatable bonds is 3. The number of nitrogens with zero attached hydrogens (tertiary/aromatic N) is 5. The van der Waals surface area contributed by atoms with Crippen molar-refractivity contribution in [2.45, 2.75) is 19.3 Å². The zero-order chi connectivity index (χ0) is 17.8. The first-order valence-electron chi connectivity index (χ1n) is 9.47. The van der Waals surface area contributed by atoms with Crippen molar-refractivity contribution in [3.05, 3.63) is 48.4 Å². The first-order chi connectivity index (χ1) is 12.8. The predicted molar refractivity (Wildman–Crippen MR) is 103 cm³/mol. The van der Waals surface area contributed by atoms with E-state index in [4.69, 9.17) is 0 Å². The van der Waals surface area contributed by atoms with Crippen LogP contribution in [0.1, 0.15) is 29.8 Å². The Bertz CT molecular complexity index is 720. The second kappa shape index (κ2) is 7.72. The monoisotopic (exact) mass is 351 g/mol. The normalized spacial score (nSPS) is 18.1. The van der Waals surface area contributed by atoms with E-state index in [1.54, 1.807) is 12.4 Å². The third kappa shape index (κ3) is 3.64. The summed E-state index contributed by atoms with van der Waals surface area (Å²) in [5.41, 5.74) is 1.66. The molecule has 1 aromatic heterocycles. The summed E-state index contributed by atoms with van der Waals surface area (Å²) in [6.07, 6.45) is 7.08. The molecule has 26 heavy (non-hydrogen) atoms. The molecule has 0 atom stereocenters. The highest BCUT2D eigenvalue weighted by Gasteiger charge is 2.23. The quantitative estimate of drug-likeness (QED) is 0.850. The SMILES string of the molecule is O=C(c1cnc(N2CCCCC2)cn1)N1CCN(c2ccccc2)CC1. The van der Waals surface area contributed by atoms with E-state index in [-0.39, 0.29) is 5.91 Å². The standard InChI is InChI=1S/C20H25N5O/c26-20(18-15-22-19(16-21-18)24-9-5-2-6-10-24)25-13-11-23(12-14-25)17-7-3-1-4-8-17/h1,3-4,7-8,15-16H,2,5-6,9-14H2. The van der Waals surface area contributed by atoms with Gasteiger partial charge in [0, 0.05) is 45.0 Å². The first kappa shape index (κ1) is 16.8. The number of piperazine rings is 1. The average molecular weight is 351 g/mol. The molecule has 0 aliphatic carbocycles. The van der Waals surface area contributed by atoms with Gasteiger partial charge < -0.3 is 14.7 Å². The zero-order valence-corrected chi connectivity index (χ0v) is 15.0. The Balaban J connectivity index is 1.36. The number of hydrogen-bond acceptors (Lipinski definition) is 5. The molecule has 2 fully saturated rings. The molecule has 0 spiro atoms. The second-order valence-electron chi connectivity index (χ2n) is 6.92. The molecule has 4 rings (SSSR count). The summed E-state index contributed by atoms with van der Waals surface area (Å²) in [7, 11) is 0. The van der Waals surface area contributed by atoms with Crippen LogP contribution in [0.4, 0.5) is 11.5 Å². The predicted octanol–water partition coefficient (Wildman–Crippen LogP) is 2.43. The Hall–Kier alpha value is -2.63. The van der Waals surface area contributed by atoms with Gasteiger partial charge in [0.25, 0.3) is 5.91 Å². The van der Waals surface area contributed by atoms with Crippen molar-refractivity contribution >= 4 is 17.4 Å². The molecule has 6 nitrogen and oxygen atoms in total. The summed E-state index contributed by atoms with van der Waals surface area (Å²) in [4.78, 5) is 28.1. The molecule has 2 saturated heterocycles. The molecule has 2 aromatic rings. The summed E-state index contributed by atoms with van der Waals surface area (Å²) in [6.45, 7) is 5.17. The van der Waals surface area contributed by atoms with Crippen LogP contribution < -0.4 is 9.80 Å². The van der Waals surface area contributed by atoms with E-state index in [0.717, 1.165) is 32.0 Å². The van der Waals surface area contributed by atoms with E-state index >= 15 is 0 Å². The number of anilines is 2. The van der Waals surface area contributed by atoms with Gasteiger partial charge in [-0.25, -0.2) is 9.97 Å². The van der Waals surface area contributed by atoms with Crippen molar-refractivity contribution in [3.8, 4) is 0 Å². The van der Waals surface area contributed by atoms with Crippen molar-refractivity contribution < 1.29 is 4.79 Å². The number of aromatic nitrogens is 2. The third-order valence-electron chi connectivity index (χ3n) is 5.23. The molecular weight excluding hydrogens is 326 g/mol. The summed E-state index contributed by atoms with van der Waals surface area (Å²) in [5, 5.41) is 0. The number of amides is 1. The van der Waals surface area contributed by atoms with Crippen LogP contribution in [-0.2, 0) is 0 Å². The molecule has 3 heterocycles. The topological polar surface area (TPSA) is 52.6 Å². The summed E-state index contributed by atoms with van der Waals surface area (Å²) < 4.78 is 0. The molecule has 1 aromatic carbocycles. The molecule has 6 heteroatoms. The molecule has 0 saturated carbocycles. The minimum absolute atomic E-state index is 0.0181. The van der Waals surface area contributed by atoms with E-state index in [1.165, 1.54) is 24.9 Å². The number of carbonyl (C=O) groups is 1. The van der Waals surface area contributed by atoms with Gasteiger partial charge in [-0.3, -0.25) is 4.79 Å². The van der Waals surface area contributed by atoms with Crippen molar-refractivity contribution in [3.63, 3.8) is 0 Å². The minimum Gasteiger partial charge on any atom is -0.368 e. The summed E-state index contributed by atoms with van der Waals surface area (Å²) in [6, 6.07) is 10.3. The van der Waals surface area contributed by atoms with Gasteiger partial charge in [-0.2, -0.15) is 0 Å². The second-order valence-corrected chi connectivity index (χ2v) is 6.92. The number of para-hydroxylation sites is 1. The first-order valence-corrected chi connectivity index (χ1v) is 9.47. The molecule has 136 valence electrons. The van der Waals surface area contributed by atoms with Gasteiger partial charge in [-0.05, 0) is 31.4 Å². The maximum Gasteiger partial charge on any atom is 0.274 e. The largest absolute Gasteiger partial charge is 0.368 e. The Morgan fingerprint density at radius 2 is 1.50 bits per heavy atom. The molecule has 0 unspecified atom stereocenters. The van der Waals surface area contributed by atoms with Crippen LogP contribution in [0.25, 0.3) is 0 Å². The Morgan fingerprint density at radius 3 is 2.15 bits per heavy atom. The van der Waals surface area contributed by atoms with E-state index in [9.17, 15) is 4.79 Å². The van der Waals surface area contributed by atoms with Gasteiger partial charge in [0.2, 0.25) is 0 Å². The van der Waals surface area contributed by atoms with Gasteiger partial charge in [0.1, 0.15) is 11.5 Å². The van der Waals surface area contributed by atoms with Crippen molar-refractivity contribution in [1.29, 1.82) is 0 Å². The molecule has 0 bridgehead atoms. The van der Waals surface area contributed by atoms with Crippen LogP contribution in [0.5, 0.6) is 0 Å². The fourth-order valence-electron chi connectivity index (χ4n) is 3.69. The molecule has 0 radical (unpaired) electrons. The van der Waals surface area contributed by atoms with E-state index in [0.29, 0.717) is 18.8 Å². The fraction of sp³-hybridized carbons (Fsp3) is 0.450. The maximum atomic E-state index is 12.7. The highest BCUT2D eigenvalue weighted by Crippen LogP contribution is 2.18. The van der Waals surface area contributed by atoms with Gasteiger partial charge in [-0.15, -0.1) is 0 Å². The molecule has 2 aliphatic heterocycles. The van der Waals surface area contributed by atoms with E-state index in [1.807, 2.05) is 23.1 Å². The lowest BCUT2D eigenvalue weighted by atomic mass is 10.1. The zero-order valence-electron chi connectivity index (χ0n) is 15.0. The minimum atomic E-state index is -0.0181. The van der Waals surface area contributed by atoms with Crippen LogP contribution in [0.3, 0.4) is 0 Å². The van der Waals surface area contributed by atoms with Crippen LogP contribution in [0.2, 0.25) is 0 Å². The Kier molecular flexibility index (Phi) is 5.00. The van der Waals surface area contributed by atoms with Gasteiger partial charge in [-0.1, -0.05) is 18.2 Å². The van der Waals surface area contributed by atoms with Crippen molar-refractivity contribution in [1.82, 2.24) is 14.9 Å². The maximum absolute atomic E-state index is 12.7. The Labute approximate surface area is 154 Å². The average Bonchev–Trinajstić information content (AvgIpc) is 2.75. The highest BCUT2D eigenvalue weighted by molar-refractivity contribution is 5.92. The van der Waals surface area contributed by atoms with Crippen LogP contribution in [0, 0.1) is 0 Å².